The van der Waals surface area contributed by atoms with E-state index in [2.05, 4.69) is 0 Å². The molecule has 3 heteroatoms. The normalized spacial score (nSPS) is 16.7. The molecule has 17 heavy (non-hydrogen) atoms. The molecule has 0 saturated carbocycles. The summed E-state index contributed by atoms with van der Waals surface area (Å²) < 4.78 is 10.7. The number of rotatable bonds is 5. The summed E-state index contributed by atoms with van der Waals surface area (Å²) in [7, 11) is 0. The lowest BCUT2D eigenvalue weighted by atomic mass is 9.95. The van der Waals surface area contributed by atoms with Gasteiger partial charge in [-0.25, -0.2) is 0 Å². The van der Waals surface area contributed by atoms with Crippen LogP contribution in [0.1, 0.15) is 19.3 Å². The Morgan fingerprint density at radius 1 is 1.24 bits per heavy atom. The van der Waals surface area contributed by atoms with Crippen molar-refractivity contribution in [3.8, 4) is 5.75 Å². The SMILES string of the molecule is O=C(COc1ccccc1)CC1CCOCC1. The molecule has 0 unspecified atom stereocenters. The summed E-state index contributed by atoms with van der Waals surface area (Å²) in [5, 5.41) is 0. The Balaban J connectivity index is 1.70. The van der Waals surface area contributed by atoms with E-state index in [1.54, 1.807) is 0 Å². The quantitative estimate of drug-likeness (QED) is 0.785. The van der Waals surface area contributed by atoms with Crippen molar-refractivity contribution in [3.05, 3.63) is 30.3 Å². The van der Waals surface area contributed by atoms with Crippen molar-refractivity contribution >= 4 is 5.78 Å². The number of para-hydroxylation sites is 1. The molecule has 0 aromatic heterocycles. The molecule has 0 radical (unpaired) electrons. The summed E-state index contributed by atoms with van der Waals surface area (Å²) in [6.45, 7) is 1.76. The van der Waals surface area contributed by atoms with Crippen LogP contribution in [0.3, 0.4) is 0 Å². The van der Waals surface area contributed by atoms with Crippen LogP contribution in [0.4, 0.5) is 0 Å². The van der Waals surface area contributed by atoms with E-state index >= 15 is 0 Å². The third-order valence-electron chi connectivity index (χ3n) is 3.00. The zero-order valence-corrected chi connectivity index (χ0v) is 9.93. The van der Waals surface area contributed by atoms with Crippen molar-refractivity contribution in [3.63, 3.8) is 0 Å². The molecule has 0 N–H and O–H groups in total. The summed E-state index contributed by atoms with van der Waals surface area (Å²) in [5.41, 5.74) is 0. The van der Waals surface area contributed by atoms with E-state index in [-0.39, 0.29) is 12.4 Å². The van der Waals surface area contributed by atoms with E-state index in [0.717, 1.165) is 31.8 Å². The standard InChI is InChI=1S/C14H18O3/c15-13(10-12-6-8-16-9-7-12)11-17-14-4-2-1-3-5-14/h1-5,12H,6-11H2. The molecule has 92 valence electrons. The molecule has 1 aliphatic rings. The number of benzene rings is 1. The third kappa shape index (κ3) is 4.19. The van der Waals surface area contributed by atoms with Gasteiger partial charge in [0.1, 0.15) is 12.4 Å². The minimum atomic E-state index is 0.181. The molecule has 3 nitrogen and oxygen atoms in total. The fraction of sp³-hybridized carbons (Fsp3) is 0.500. The topological polar surface area (TPSA) is 35.5 Å². The Labute approximate surface area is 102 Å². The Morgan fingerprint density at radius 3 is 2.65 bits per heavy atom. The van der Waals surface area contributed by atoms with Crippen LogP contribution >= 0.6 is 0 Å². The molecule has 1 aromatic rings. The number of ether oxygens (including phenoxy) is 2. The lowest BCUT2D eigenvalue weighted by Gasteiger charge is -2.21. The number of carbonyl (C=O) groups is 1. The van der Waals surface area contributed by atoms with Gasteiger partial charge in [0.25, 0.3) is 0 Å². The first kappa shape index (κ1) is 12.1. The van der Waals surface area contributed by atoms with Crippen molar-refractivity contribution in [1.82, 2.24) is 0 Å². The molecule has 2 rings (SSSR count). The number of carbonyl (C=O) groups excluding carboxylic acids is 1. The second kappa shape index (κ2) is 6.40. The van der Waals surface area contributed by atoms with E-state index in [0.29, 0.717) is 12.3 Å². The highest BCUT2D eigenvalue weighted by atomic mass is 16.5. The molecule has 0 aliphatic carbocycles. The fourth-order valence-corrected chi connectivity index (χ4v) is 2.01. The summed E-state index contributed by atoms with van der Waals surface area (Å²) in [6, 6.07) is 9.46. The van der Waals surface area contributed by atoms with E-state index < -0.39 is 0 Å². The van der Waals surface area contributed by atoms with Gasteiger partial charge in [-0.2, -0.15) is 0 Å². The highest BCUT2D eigenvalue weighted by Crippen LogP contribution is 2.19. The summed E-state index contributed by atoms with van der Waals surface area (Å²) in [4.78, 5) is 11.7. The second-order valence-electron chi connectivity index (χ2n) is 4.40. The monoisotopic (exact) mass is 234 g/mol. The highest BCUT2D eigenvalue weighted by Gasteiger charge is 2.17. The van der Waals surface area contributed by atoms with Gasteiger partial charge in [0, 0.05) is 19.6 Å². The van der Waals surface area contributed by atoms with E-state index in [1.165, 1.54) is 0 Å². The van der Waals surface area contributed by atoms with Gasteiger partial charge in [0.05, 0.1) is 0 Å². The first-order valence-corrected chi connectivity index (χ1v) is 6.12. The minimum Gasteiger partial charge on any atom is -0.486 e. The Bertz CT molecular complexity index is 342. The van der Waals surface area contributed by atoms with Crippen molar-refractivity contribution in [2.75, 3.05) is 19.8 Å². The van der Waals surface area contributed by atoms with Crippen LogP contribution < -0.4 is 4.74 Å². The molecule has 0 atom stereocenters. The molecular formula is C14H18O3. The largest absolute Gasteiger partial charge is 0.486 e. The smallest absolute Gasteiger partial charge is 0.170 e. The minimum absolute atomic E-state index is 0.181. The van der Waals surface area contributed by atoms with Crippen molar-refractivity contribution in [2.45, 2.75) is 19.3 Å². The number of hydrogen-bond acceptors (Lipinski definition) is 3. The van der Waals surface area contributed by atoms with Gasteiger partial charge < -0.3 is 9.47 Å². The average Bonchev–Trinajstić information content (AvgIpc) is 2.39. The zero-order chi connectivity index (χ0) is 11.9. The molecule has 1 aromatic carbocycles. The maximum absolute atomic E-state index is 11.7. The number of hydrogen-bond donors (Lipinski definition) is 0. The van der Waals surface area contributed by atoms with E-state index in [9.17, 15) is 4.79 Å². The molecule has 1 aliphatic heterocycles. The van der Waals surface area contributed by atoms with Crippen LogP contribution in [0.25, 0.3) is 0 Å². The number of ketones is 1. The predicted octanol–water partition coefficient (Wildman–Crippen LogP) is 2.45. The van der Waals surface area contributed by atoms with Crippen molar-refractivity contribution < 1.29 is 14.3 Å². The lowest BCUT2D eigenvalue weighted by molar-refractivity contribution is -0.122. The average molecular weight is 234 g/mol. The van der Waals surface area contributed by atoms with Gasteiger partial charge in [0.15, 0.2) is 5.78 Å². The van der Waals surface area contributed by atoms with Crippen LogP contribution in [0, 0.1) is 5.92 Å². The zero-order valence-electron chi connectivity index (χ0n) is 9.93. The lowest BCUT2D eigenvalue weighted by Crippen LogP contribution is -2.21. The Kier molecular flexibility index (Phi) is 4.56. The molecule has 0 spiro atoms. The molecule has 0 amide bonds. The summed E-state index contributed by atoms with van der Waals surface area (Å²) in [5.74, 6) is 1.42. The first-order chi connectivity index (χ1) is 8.34. The fourth-order valence-electron chi connectivity index (χ4n) is 2.01. The van der Waals surface area contributed by atoms with Gasteiger partial charge in [-0.05, 0) is 30.9 Å². The number of Topliss-reactive ketones (excluding diaryl/α,β-unsaturated/α-hetero) is 1. The van der Waals surface area contributed by atoms with Crippen LogP contribution in [-0.4, -0.2) is 25.6 Å². The Hall–Kier alpha value is -1.35. The first-order valence-electron chi connectivity index (χ1n) is 6.12. The molecular weight excluding hydrogens is 216 g/mol. The van der Waals surface area contributed by atoms with Gasteiger partial charge in [-0.1, -0.05) is 18.2 Å². The molecule has 1 fully saturated rings. The predicted molar refractivity (Wildman–Crippen MR) is 65.1 cm³/mol. The van der Waals surface area contributed by atoms with Crippen LogP contribution in [0.5, 0.6) is 5.75 Å². The summed E-state index contributed by atoms with van der Waals surface area (Å²) in [6.07, 6.45) is 2.62. The van der Waals surface area contributed by atoms with Gasteiger partial charge in [0.2, 0.25) is 0 Å². The second-order valence-corrected chi connectivity index (χ2v) is 4.40. The molecule has 0 bridgehead atoms. The summed E-state index contributed by atoms with van der Waals surface area (Å²) >= 11 is 0. The van der Waals surface area contributed by atoms with Crippen molar-refractivity contribution in [1.29, 1.82) is 0 Å². The maximum atomic E-state index is 11.7. The molecule has 1 saturated heterocycles. The molecule has 1 heterocycles. The van der Waals surface area contributed by atoms with Gasteiger partial charge in [-0.15, -0.1) is 0 Å². The third-order valence-corrected chi connectivity index (χ3v) is 3.00. The van der Waals surface area contributed by atoms with Crippen LogP contribution in [0.15, 0.2) is 30.3 Å². The van der Waals surface area contributed by atoms with Crippen LogP contribution in [-0.2, 0) is 9.53 Å². The van der Waals surface area contributed by atoms with E-state index in [4.69, 9.17) is 9.47 Å². The van der Waals surface area contributed by atoms with Crippen molar-refractivity contribution in [2.24, 2.45) is 5.92 Å². The maximum Gasteiger partial charge on any atom is 0.170 e. The van der Waals surface area contributed by atoms with Crippen LogP contribution in [0.2, 0.25) is 0 Å². The highest BCUT2D eigenvalue weighted by molar-refractivity contribution is 5.80. The van der Waals surface area contributed by atoms with E-state index in [1.807, 2.05) is 30.3 Å². The Morgan fingerprint density at radius 2 is 1.94 bits per heavy atom. The van der Waals surface area contributed by atoms with Gasteiger partial charge in [-0.3, -0.25) is 4.79 Å². The van der Waals surface area contributed by atoms with Gasteiger partial charge >= 0.3 is 0 Å².